The van der Waals surface area contributed by atoms with Crippen molar-refractivity contribution in [2.45, 2.75) is 0 Å². The maximum absolute atomic E-state index is 12.6. The van der Waals surface area contributed by atoms with Gasteiger partial charge in [-0.15, -0.1) is 0 Å². The molecular formula is C19H23N3O6. The number of amides is 2. The summed E-state index contributed by atoms with van der Waals surface area (Å²) in [5.74, 6) is 0.447. The Hall–Kier alpha value is -3.33. The molecule has 2 rings (SSSR count). The molecule has 0 spiro atoms. The number of rotatable bonds is 9. The number of hydrogen-bond donors (Lipinski definition) is 2. The lowest BCUT2D eigenvalue weighted by molar-refractivity contribution is 0.0936. The Balaban J connectivity index is 2.19. The van der Waals surface area contributed by atoms with Gasteiger partial charge in [0.1, 0.15) is 0 Å². The second-order valence-corrected chi connectivity index (χ2v) is 5.58. The summed E-state index contributed by atoms with van der Waals surface area (Å²) in [6.45, 7) is 0.748. The molecule has 0 aliphatic carbocycles. The molecule has 0 bridgehead atoms. The molecule has 9 heteroatoms. The fourth-order valence-corrected chi connectivity index (χ4v) is 2.41. The summed E-state index contributed by atoms with van der Waals surface area (Å²) < 4.78 is 20.7. The molecule has 9 nitrogen and oxygen atoms in total. The largest absolute Gasteiger partial charge is 0.493 e. The van der Waals surface area contributed by atoms with Gasteiger partial charge in [-0.2, -0.15) is 0 Å². The smallest absolute Gasteiger partial charge is 0.257 e. The van der Waals surface area contributed by atoms with Gasteiger partial charge in [-0.3, -0.25) is 14.6 Å². The molecule has 0 atom stereocenters. The van der Waals surface area contributed by atoms with Crippen LogP contribution in [0.3, 0.4) is 0 Å². The minimum Gasteiger partial charge on any atom is -0.493 e. The van der Waals surface area contributed by atoms with Crippen LogP contribution < -0.4 is 24.8 Å². The zero-order chi connectivity index (χ0) is 20.5. The van der Waals surface area contributed by atoms with Gasteiger partial charge >= 0.3 is 0 Å². The van der Waals surface area contributed by atoms with Crippen LogP contribution in [0.25, 0.3) is 0 Å². The van der Waals surface area contributed by atoms with Crippen molar-refractivity contribution in [1.82, 2.24) is 10.3 Å². The van der Waals surface area contributed by atoms with E-state index in [1.807, 2.05) is 0 Å². The summed E-state index contributed by atoms with van der Waals surface area (Å²) in [4.78, 5) is 28.7. The second kappa shape index (κ2) is 10.1. The lowest BCUT2D eigenvalue weighted by atomic mass is 10.1. The van der Waals surface area contributed by atoms with Gasteiger partial charge < -0.3 is 29.6 Å². The summed E-state index contributed by atoms with van der Waals surface area (Å²) in [5.41, 5.74) is 0.941. The van der Waals surface area contributed by atoms with Gasteiger partial charge in [0.25, 0.3) is 11.8 Å². The maximum Gasteiger partial charge on any atom is 0.257 e. The molecule has 2 amide bonds. The number of nitrogens with one attached hydrogen (secondary N) is 2. The van der Waals surface area contributed by atoms with Crippen LogP contribution in [0, 0.1) is 0 Å². The summed E-state index contributed by atoms with van der Waals surface area (Å²) >= 11 is 0. The van der Waals surface area contributed by atoms with Crippen molar-refractivity contribution in [1.29, 1.82) is 0 Å². The molecule has 150 valence electrons. The van der Waals surface area contributed by atoms with E-state index in [9.17, 15) is 9.59 Å². The molecule has 0 aliphatic rings. The van der Waals surface area contributed by atoms with E-state index < -0.39 is 5.91 Å². The van der Waals surface area contributed by atoms with Crippen LogP contribution in [0.1, 0.15) is 20.7 Å². The molecular weight excluding hydrogens is 366 g/mol. The highest BCUT2D eigenvalue weighted by atomic mass is 16.5. The lowest BCUT2D eigenvalue weighted by Gasteiger charge is -2.14. The van der Waals surface area contributed by atoms with Crippen LogP contribution >= 0.6 is 0 Å². The Labute approximate surface area is 163 Å². The first-order valence-electron chi connectivity index (χ1n) is 8.37. The molecule has 0 radical (unpaired) electrons. The van der Waals surface area contributed by atoms with E-state index in [0.717, 1.165) is 0 Å². The van der Waals surface area contributed by atoms with Crippen LogP contribution in [0.5, 0.6) is 17.2 Å². The molecule has 1 aromatic carbocycles. The molecule has 1 aromatic heterocycles. The number of aromatic nitrogens is 1. The average molecular weight is 389 g/mol. The Morgan fingerprint density at radius 1 is 0.893 bits per heavy atom. The van der Waals surface area contributed by atoms with Crippen molar-refractivity contribution < 1.29 is 28.5 Å². The topological polar surface area (TPSA) is 108 Å². The van der Waals surface area contributed by atoms with Gasteiger partial charge in [-0.05, 0) is 6.07 Å². The summed E-state index contributed by atoms with van der Waals surface area (Å²) in [7, 11) is 6.01. The van der Waals surface area contributed by atoms with Crippen LogP contribution in [-0.4, -0.2) is 58.4 Å². The molecule has 0 aliphatic heterocycles. The minimum absolute atomic E-state index is 0.230. The first-order chi connectivity index (χ1) is 13.5. The van der Waals surface area contributed by atoms with Crippen LogP contribution in [0.2, 0.25) is 0 Å². The van der Waals surface area contributed by atoms with Crippen LogP contribution in [-0.2, 0) is 4.74 Å². The number of benzene rings is 1. The van der Waals surface area contributed by atoms with Crippen molar-refractivity contribution in [3.63, 3.8) is 0 Å². The third-order valence-corrected chi connectivity index (χ3v) is 3.78. The average Bonchev–Trinajstić information content (AvgIpc) is 2.73. The van der Waals surface area contributed by atoms with Crippen molar-refractivity contribution in [3.05, 3.63) is 41.7 Å². The van der Waals surface area contributed by atoms with Crippen molar-refractivity contribution in [3.8, 4) is 17.2 Å². The third-order valence-electron chi connectivity index (χ3n) is 3.78. The van der Waals surface area contributed by atoms with Crippen molar-refractivity contribution in [2.75, 3.05) is 46.9 Å². The van der Waals surface area contributed by atoms with Gasteiger partial charge in [0, 0.05) is 43.9 Å². The number of carbonyl (C=O) groups excluding carboxylic acids is 2. The zero-order valence-corrected chi connectivity index (χ0v) is 16.2. The fraction of sp³-hybridized carbons (Fsp3) is 0.316. The third kappa shape index (κ3) is 5.10. The Morgan fingerprint density at radius 2 is 1.50 bits per heavy atom. The molecule has 0 unspecified atom stereocenters. The van der Waals surface area contributed by atoms with E-state index in [-0.39, 0.29) is 17.0 Å². The molecule has 28 heavy (non-hydrogen) atoms. The monoisotopic (exact) mass is 389 g/mol. The molecule has 0 saturated heterocycles. The predicted octanol–water partition coefficient (Wildman–Crippen LogP) is 1.74. The summed E-state index contributed by atoms with van der Waals surface area (Å²) in [5, 5.41) is 5.41. The number of carbonyl (C=O) groups is 2. The molecule has 1 heterocycles. The van der Waals surface area contributed by atoms with Crippen molar-refractivity contribution in [2.24, 2.45) is 0 Å². The van der Waals surface area contributed by atoms with Crippen LogP contribution in [0.4, 0.5) is 5.69 Å². The predicted molar refractivity (Wildman–Crippen MR) is 102 cm³/mol. The van der Waals surface area contributed by atoms with E-state index in [4.69, 9.17) is 18.9 Å². The number of nitrogens with zero attached hydrogens (tertiary/aromatic N) is 1. The number of pyridine rings is 1. The zero-order valence-electron chi connectivity index (χ0n) is 16.2. The van der Waals surface area contributed by atoms with E-state index >= 15 is 0 Å². The molecule has 0 fully saturated rings. The number of anilines is 1. The van der Waals surface area contributed by atoms with Crippen molar-refractivity contribution >= 4 is 17.5 Å². The first kappa shape index (κ1) is 21.0. The quantitative estimate of drug-likeness (QED) is 0.629. The van der Waals surface area contributed by atoms with E-state index in [1.165, 1.54) is 39.8 Å². The first-order valence-corrected chi connectivity index (χ1v) is 8.37. The minimum atomic E-state index is -0.437. The molecule has 0 saturated carbocycles. The highest BCUT2D eigenvalue weighted by Crippen LogP contribution is 2.40. The van der Waals surface area contributed by atoms with E-state index in [2.05, 4.69) is 15.6 Å². The SMILES string of the molecule is COCCNC(=O)c1cncc(C(=O)Nc2cc(OC)c(OC)c(OC)c2)c1. The standard InChI is InChI=1S/C19H23N3O6/c1-25-6-5-21-18(23)12-7-13(11-20-10-12)19(24)22-14-8-15(26-2)17(28-4)16(9-14)27-3/h7-11H,5-6H2,1-4H3,(H,21,23)(H,22,24). The Bertz CT molecular complexity index is 815. The number of methoxy groups -OCH3 is 4. The highest BCUT2D eigenvalue weighted by molar-refractivity contribution is 6.06. The summed E-state index contributed by atoms with van der Waals surface area (Å²) in [6.07, 6.45) is 2.76. The number of hydrogen-bond acceptors (Lipinski definition) is 7. The lowest BCUT2D eigenvalue weighted by Crippen LogP contribution is -2.27. The van der Waals surface area contributed by atoms with E-state index in [0.29, 0.717) is 36.1 Å². The molecule has 2 N–H and O–H groups in total. The van der Waals surface area contributed by atoms with Gasteiger partial charge in [-0.1, -0.05) is 0 Å². The van der Waals surface area contributed by atoms with Crippen LogP contribution in [0.15, 0.2) is 30.6 Å². The summed E-state index contributed by atoms with van der Waals surface area (Å²) in [6, 6.07) is 4.67. The van der Waals surface area contributed by atoms with Gasteiger partial charge in [-0.25, -0.2) is 0 Å². The number of ether oxygens (including phenoxy) is 4. The molecule has 2 aromatic rings. The maximum atomic E-state index is 12.6. The second-order valence-electron chi connectivity index (χ2n) is 5.58. The highest BCUT2D eigenvalue weighted by Gasteiger charge is 2.16. The normalized spacial score (nSPS) is 10.1. The van der Waals surface area contributed by atoms with Gasteiger partial charge in [0.05, 0.1) is 39.1 Å². The van der Waals surface area contributed by atoms with Gasteiger partial charge in [0.2, 0.25) is 5.75 Å². The van der Waals surface area contributed by atoms with E-state index in [1.54, 1.807) is 19.2 Å². The Morgan fingerprint density at radius 3 is 2.04 bits per heavy atom. The van der Waals surface area contributed by atoms with Gasteiger partial charge in [0.15, 0.2) is 11.5 Å². The Kier molecular flexibility index (Phi) is 7.58. The fourth-order valence-electron chi connectivity index (χ4n) is 2.41.